The molecule has 0 N–H and O–H groups in total. The van der Waals surface area contributed by atoms with E-state index < -0.39 is 17.2 Å². The van der Waals surface area contributed by atoms with Gasteiger partial charge in [-0.1, -0.05) is 42.5 Å². The van der Waals surface area contributed by atoms with Gasteiger partial charge in [-0.2, -0.15) is 0 Å². The van der Waals surface area contributed by atoms with Crippen LogP contribution in [0.3, 0.4) is 0 Å². The van der Waals surface area contributed by atoms with E-state index in [-0.39, 0.29) is 24.4 Å². The molecular weight excluding hydrogens is 476 g/mol. The Morgan fingerprint density at radius 2 is 1.65 bits per heavy atom. The van der Waals surface area contributed by atoms with Crippen LogP contribution >= 0.6 is 0 Å². The van der Waals surface area contributed by atoms with Gasteiger partial charge in [-0.15, -0.1) is 0 Å². The molecule has 2 aromatic heterocycles. The van der Waals surface area contributed by atoms with Crippen LogP contribution in [0, 0.1) is 6.92 Å². The maximum Gasteiger partial charge on any atom is 0.344 e. The molecule has 0 spiro atoms. The summed E-state index contributed by atoms with van der Waals surface area (Å²) in [5.41, 5.74) is 1.22. The molecule has 0 aliphatic carbocycles. The van der Waals surface area contributed by atoms with Crippen LogP contribution in [0.2, 0.25) is 0 Å². The number of esters is 1. The van der Waals surface area contributed by atoms with Gasteiger partial charge in [0.2, 0.25) is 0 Å². The number of benzene rings is 3. The first kappa shape index (κ1) is 23.9. The number of hydrogen-bond donors (Lipinski definition) is 0. The van der Waals surface area contributed by atoms with Crippen LogP contribution in [0.4, 0.5) is 0 Å². The van der Waals surface area contributed by atoms with E-state index in [4.69, 9.17) is 23.0 Å². The molecular formula is C29H22O8. The first-order chi connectivity index (χ1) is 17.9. The molecule has 8 nitrogen and oxygen atoms in total. The minimum atomic E-state index is -0.643. The molecule has 0 amide bonds. The SMILES string of the molecule is COc1cccc2cc(-c3cc(=O)oc4c(C)c(OCC(=O)OCc5ccccc5)ccc34)c(=O)oc12. The highest BCUT2D eigenvalue weighted by atomic mass is 16.6. The van der Waals surface area contributed by atoms with Crippen molar-refractivity contribution in [1.29, 1.82) is 0 Å². The number of carbonyl (C=O) groups excluding carboxylic acids is 1. The number of carbonyl (C=O) groups is 1. The summed E-state index contributed by atoms with van der Waals surface area (Å²) in [5.74, 6) is 0.237. The standard InChI is InChI=1S/C29H22O8/c1-17-23(34-16-26(31)35-15-18-7-4-3-5-8-18)12-11-20-21(14-25(30)36-27(17)20)22-13-19-9-6-10-24(33-2)28(19)37-29(22)32/h3-14H,15-16H2,1-2H3. The van der Waals surface area contributed by atoms with E-state index in [9.17, 15) is 14.4 Å². The van der Waals surface area contributed by atoms with Crippen molar-refractivity contribution in [3.63, 3.8) is 0 Å². The monoisotopic (exact) mass is 498 g/mol. The summed E-state index contributed by atoms with van der Waals surface area (Å²) in [6.07, 6.45) is 0. The van der Waals surface area contributed by atoms with Gasteiger partial charge in [-0.25, -0.2) is 14.4 Å². The smallest absolute Gasteiger partial charge is 0.344 e. The third-order valence-corrected chi connectivity index (χ3v) is 5.93. The van der Waals surface area contributed by atoms with Crippen molar-refractivity contribution in [3.8, 4) is 22.6 Å². The number of rotatable bonds is 7. The quantitative estimate of drug-likeness (QED) is 0.228. The Labute approximate surface area is 210 Å². The van der Waals surface area contributed by atoms with Crippen LogP contribution in [-0.2, 0) is 16.1 Å². The minimum absolute atomic E-state index is 0.137. The average Bonchev–Trinajstić information content (AvgIpc) is 2.91. The Morgan fingerprint density at radius 3 is 2.43 bits per heavy atom. The van der Waals surface area contributed by atoms with Gasteiger partial charge in [0, 0.05) is 28.0 Å². The van der Waals surface area contributed by atoms with Crippen molar-refractivity contribution in [2.75, 3.05) is 13.7 Å². The molecule has 2 heterocycles. The van der Waals surface area contributed by atoms with Crippen molar-refractivity contribution in [3.05, 3.63) is 105 Å². The second kappa shape index (κ2) is 10.0. The van der Waals surface area contributed by atoms with Crippen molar-refractivity contribution in [2.45, 2.75) is 13.5 Å². The lowest BCUT2D eigenvalue weighted by Gasteiger charge is -2.12. The van der Waals surface area contributed by atoms with Crippen LogP contribution in [0.15, 0.2) is 91.2 Å². The van der Waals surface area contributed by atoms with Gasteiger partial charge in [0.05, 0.1) is 12.7 Å². The predicted molar refractivity (Wildman–Crippen MR) is 137 cm³/mol. The van der Waals surface area contributed by atoms with Crippen LogP contribution in [0.5, 0.6) is 11.5 Å². The molecule has 0 radical (unpaired) electrons. The number of fused-ring (bicyclic) bond motifs is 2. The first-order valence-corrected chi connectivity index (χ1v) is 11.5. The summed E-state index contributed by atoms with van der Waals surface area (Å²) in [6.45, 7) is 1.52. The molecule has 0 bridgehead atoms. The number of ether oxygens (including phenoxy) is 3. The van der Waals surface area contributed by atoms with Crippen LogP contribution in [-0.4, -0.2) is 19.7 Å². The van der Waals surface area contributed by atoms with Crippen molar-refractivity contribution < 1.29 is 27.8 Å². The number of para-hydroxylation sites is 1. The third kappa shape index (κ3) is 4.81. The van der Waals surface area contributed by atoms with Gasteiger partial charge in [0.15, 0.2) is 17.9 Å². The lowest BCUT2D eigenvalue weighted by Crippen LogP contribution is -2.15. The molecule has 0 saturated carbocycles. The molecule has 5 rings (SSSR count). The molecule has 37 heavy (non-hydrogen) atoms. The van der Waals surface area contributed by atoms with Crippen LogP contribution in [0.25, 0.3) is 33.1 Å². The van der Waals surface area contributed by atoms with Gasteiger partial charge in [0.1, 0.15) is 17.9 Å². The molecule has 0 fully saturated rings. The maximum absolute atomic E-state index is 12.9. The molecule has 0 aliphatic heterocycles. The van der Waals surface area contributed by atoms with E-state index in [0.29, 0.717) is 39.0 Å². The molecule has 0 aliphatic rings. The Hall–Kier alpha value is -4.85. The maximum atomic E-state index is 12.9. The summed E-state index contributed by atoms with van der Waals surface area (Å²) >= 11 is 0. The lowest BCUT2D eigenvalue weighted by atomic mass is 10.0. The second-order valence-electron chi connectivity index (χ2n) is 8.31. The van der Waals surface area contributed by atoms with E-state index in [1.165, 1.54) is 13.2 Å². The molecule has 186 valence electrons. The van der Waals surface area contributed by atoms with Gasteiger partial charge < -0.3 is 23.0 Å². The molecule has 0 unspecified atom stereocenters. The Kier molecular flexibility index (Phi) is 6.47. The summed E-state index contributed by atoms with van der Waals surface area (Å²) < 4.78 is 27.2. The Balaban J connectivity index is 1.46. The zero-order chi connectivity index (χ0) is 25.9. The average molecular weight is 498 g/mol. The summed E-state index contributed by atoms with van der Waals surface area (Å²) in [5, 5.41) is 1.16. The van der Waals surface area contributed by atoms with E-state index in [2.05, 4.69) is 0 Å². The number of hydrogen-bond acceptors (Lipinski definition) is 8. The molecule has 8 heteroatoms. The summed E-state index contributed by atoms with van der Waals surface area (Å²) in [6, 6.07) is 20.8. The molecule has 0 atom stereocenters. The first-order valence-electron chi connectivity index (χ1n) is 11.5. The highest BCUT2D eigenvalue weighted by molar-refractivity contribution is 5.97. The highest BCUT2D eigenvalue weighted by Crippen LogP contribution is 2.34. The third-order valence-electron chi connectivity index (χ3n) is 5.93. The topological polar surface area (TPSA) is 105 Å². The van der Waals surface area contributed by atoms with E-state index >= 15 is 0 Å². The predicted octanol–water partition coefficient (Wildman–Crippen LogP) is 5.01. The fourth-order valence-corrected chi connectivity index (χ4v) is 4.10. The Bertz CT molecular complexity index is 1730. The largest absolute Gasteiger partial charge is 0.493 e. The van der Waals surface area contributed by atoms with Gasteiger partial charge >= 0.3 is 17.2 Å². The van der Waals surface area contributed by atoms with Crippen molar-refractivity contribution >= 4 is 27.9 Å². The summed E-state index contributed by atoms with van der Waals surface area (Å²) in [7, 11) is 1.49. The van der Waals surface area contributed by atoms with E-state index in [1.807, 2.05) is 30.3 Å². The summed E-state index contributed by atoms with van der Waals surface area (Å²) in [4.78, 5) is 37.6. The van der Waals surface area contributed by atoms with Crippen molar-refractivity contribution in [2.24, 2.45) is 0 Å². The fourth-order valence-electron chi connectivity index (χ4n) is 4.10. The fraction of sp³-hybridized carbons (Fsp3) is 0.138. The van der Waals surface area contributed by atoms with Crippen LogP contribution < -0.4 is 20.7 Å². The zero-order valence-electron chi connectivity index (χ0n) is 20.1. The van der Waals surface area contributed by atoms with Gasteiger partial charge in [0.25, 0.3) is 0 Å². The van der Waals surface area contributed by atoms with Gasteiger partial charge in [-0.3, -0.25) is 0 Å². The second-order valence-corrected chi connectivity index (χ2v) is 8.31. The Morgan fingerprint density at radius 1 is 0.838 bits per heavy atom. The van der Waals surface area contributed by atoms with E-state index in [0.717, 1.165) is 5.56 Å². The van der Waals surface area contributed by atoms with Crippen LogP contribution in [0.1, 0.15) is 11.1 Å². The number of aryl methyl sites for hydroxylation is 1. The van der Waals surface area contributed by atoms with Crippen molar-refractivity contribution in [1.82, 2.24) is 0 Å². The molecule has 0 saturated heterocycles. The molecule has 5 aromatic rings. The van der Waals surface area contributed by atoms with Gasteiger partial charge in [-0.05, 0) is 36.8 Å². The number of methoxy groups -OCH3 is 1. The minimum Gasteiger partial charge on any atom is -0.493 e. The zero-order valence-corrected chi connectivity index (χ0v) is 20.1. The molecule has 3 aromatic carbocycles. The van der Waals surface area contributed by atoms with E-state index in [1.54, 1.807) is 43.3 Å². The lowest BCUT2D eigenvalue weighted by molar-refractivity contribution is -0.147. The normalized spacial score (nSPS) is 11.0. The highest BCUT2D eigenvalue weighted by Gasteiger charge is 2.18.